The monoisotopic (exact) mass is 484 g/mol. The quantitative estimate of drug-likeness (QED) is 0.304. The second-order valence-electron chi connectivity index (χ2n) is 22.0. The van der Waals surface area contributed by atoms with E-state index in [1.165, 1.54) is 83.5 Å². The van der Waals surface area contributed by atoms with Gasteiger partial charge in [0, 0.05) is 0 Å². The van der Waals surface area contributed by atoms with Gasteiger partial charge in [-0.2, -0.15) is 0 Å². The topological polar surface area (TPSA) is 26.3 Å². The van der Waals surface area contributed by atoms with Gasteiger partial charge in [0.25, 0.3) is 0 Å². The van der Waals surface area contributed by atoms with Crippen molar-refractivity contribution in [3.8, 4) is 0 Å². The third-order valence-corrected chi connectivity index (χ3v) is 116. The molecule has 0 aromatic rings. The molecule has 20 aliphatic heterocycles. The molecule has 0 radical (unpaired) electrons. The summed E-state index contributed by atoms with van der Waals surface area (Å²) in [4.78, 5) is 37.8. The van der Waals surface area contributed by atoms with Gasteiger partial charge in [0.05, 0.1) is 0 Å². The van der Waals surface area contributed by atoms with Crippen molar-refractivity contribution in [1.29, 1.82) is 0 Å². The molecule has 20 saturated heterocycles. The molecule has 0 aromatic heterocycles. The van der Waals surface area contributed by atoms with Crippen molar-refractivity contribution < 1.29 is 22.5 Å². The molecular weight excluding hydrogens is 456 g/mol. The minimum absolute atomic E-state index is 0.375. The standard InChI is InChI=1S/C16H18O2.2C5H5.2Fe/c1-12(2)11-15(13-7-3-4-8-13)16(17)18-14-9-5-6-10-14;2*1-2-4-5-3-1;;/h3-10,12,15H,11H2,1-2H3;2*1-5H;;. The summed E-state index contributed by atoms with van der Waals surface area (Å²) in [6, 6.07) is 0. The second kappa shape index (κ2) is 0.855. The van der Waals surface area contributed by atoms with Gasteiger partial charge in [-0.1, -0.05) is 0 Å². The van der Waals surface area contributed by atoms with Crippen LogP contribution in [-0.4, -0.2) is 10.5 Å². The number of ether oxygens (including phenoxy) is 1. The van der Waals surface area contributed by atoms with E-state index in [1.54, 1.807) is 0 Å². The summed E-state index contributed by atoms with van der Waals surface area (Å²) in [5, 5.41) is 0. The van der Waals surface area contributed by atoms with E-state index in [0.29, 0.717) is 22.3 Å². The molecule has 20 rings (SSSR count). The van der Waals surface area contributed by atoms with Crippen LogP contribution in [0.1, 0.15) is 20.3 Å². The third kappa shape index (κ3) is 0.109. The fourth-order valence-corrected chi connectivity index (χ4v) is 182. The Morgan fingerprint density at radius 2 is 1.13 bits per heavy atom. The molecule has 0 bridgehead atoms. The number of hydrogen-bond acceptors (Lipinski definition) is 2. The Morgan fingerprint density at radius 3 is 1.40 bits per heavy atom. The summed E-state index contributed by atoms with van der Waals surface area (Å²) in [5.41, 5.74) is 0. The van der Waals surface area contributed by atoms with Crippen LogP contribution >= 0.6 is 0 Å². The summed E-state index contributed by atoms with van der Waals surface area (Å²) >= 11 is 0. The van der Waals surface area contributed by atoms with Crippen LogP contribution < -0.4 is 0 Å². The Bertz CT molecular complexity index is 2060. The van der Waals surface area contributed by atoms with Crippen molar-refractivity contribution in [1.82, 2.24) is 0 Å². The van der Waals surface area contributed by atoms with Crippen molar-refractivity contribution in [2.24, 2.45) is 11.8 Å². The Balaban J connectivity index is 0.921. The molecule has 0 aliphatic carbocycles. The number of hydrogen-bond donors (Lipinski definition) is 0. The summed E-state index contributed by atoms with van der Waals surface area (Å²) in [6.07, 6.45) is 1.23. The molecule has 20 fully saturated rings. The maximum absolute atomic E-state index is 14.6. The average Bonchev–Trinajstić information content (AvgIpc) is 3.59. The van der Waals surface area contributed by atoms with E-state index in [9.17, 15) is 4.79 Å². The van der Waals surface area contributed by atoms with Gasteiger partial charge in [-0.25, -0.2) is 0 Å². The van der Waals surface area contributed by atoms with Gasteiger partial charge in [0.15, 0.2) is 0 Å². The first kappa shape index (κ1) is 10.8. The first-order chi connectivity index (χ1) is 14.0. The fraction of sp³-hybridized carbons (Fsp3) is 0.962. The summed E-state index contributed by atoms with van der Waals surface area (Å²) < 4.78 is 8.42. The van der Waals surface area contributed by atoms with E-state index in [2.05, 4.69) is 13.8 Å². The van der Waals surface area contributed by atoms with Gasteiger partial charge < -0.3 is 0 Å². The summed E-state index contributed by atoms with van der Waals surface area (Å²) in [5.74, 6) is 1.64. The SMILES string of the molecule is CC(C)CC(C(=O)O[C]12[CH]3[CH]4[CH]5[CH]1[Fe]45321678[CH]2[CH]1[CH]6[CH]7[CH]28)[C]12[CH]3[CH]4[CH]5[CH]1[Fe]45321678[CH]2[CH]1[CH]6[CH]7[CH]28. The van der Waals surface area contributed by atoms with Crippen molar-refractivity contribution in [3.63, 3.8) is 0 Å². The Labute approximate surface area is 155 Å². The van der Waals surface area contributed by atoms with Crippen molar-refractivity contribution in [2.45, 2.75) is 116 Å². The molecule has 9 atom stereocenters. The molecule has 2 nitrogen and oxygen atoms in total. The zero-order chi connectivity index (χ0) is 18.2. The Morgan fingerprint density at radius 1 is 0.700 bits per heavy atom. The average molecular weight is 484 g/mol. The van der Waals surface area contributed by atoms with Gasteiger partial charge in [-0.05, 0) is 0 Å². The zero-order valence-corrected chi connectivity index (χ0v) is 19.5. The van der Waals surface area contributed by atoms with Crippen molar-refractivity contribution >= 4 is 5.97 Å². The molecule has 0 saturated carbocycles. The molecule has 160 valence electrons. The van der Waals surface area contributed by atoms with E-state index >= 15 is 0 Å². The summed E-state index contributed by atoms with van der Waals surface area (Å²) in [6.45, 7) is -1.70. The molecule has 9 unspecified atom stereocenters. The number of esters is 1. The van der Waals surface area contributed by atoms with E-state index in [1.807, 2.05) is 0 Å². The molecule has 0 aromatic carbocycles. The van der Waals surface area contributed by atoms with Gasteiger partial charge in [0.1, 0.15) is 0 Å². The number of carbonyl (C=O) groups is 1. The van der Waals surface area contributed by atoms with Crippen LogP contribution in [-0.2, 0) is 22.5 Å². The van der Waals surface area contributed by atoms with Crippen molar-refractivity contribution in [3.05, 3.63) is 0 Å². The summed E-state index contributed by atoms with van der Waals surface area (Å²) in [7, 11) is 0. The van der Waals surface area contributed by atoms with E-state index in [0.717, 1.165) is 13.9 Å². The van der Waals surface area contributed by atoms with Crippen molar-refractivity contribution in [2.75, 3.05) is 0 Å². The van der Waals surface area contributed by atoms with Crippen LogP contribution in [0.3, 0.4) is 0 Å². The van der Waals surface area contributed by atoms with Crippen LogP contribution in [0.4, 0.5) is 0 Å². The van der Waals surface area contributed by atoms with Gasteiger partial charge in [-0.3, -0.25) is 0 Å². The van der Waals surface area contributed by atoms with E-state index in [-0.39, 0.29) is 0 Å². The molecule has 4 heteroatoms. The van der Waals surface area contributed by atoms with Crippen LogP contribution in [0.15, 0.2) is 0 Å². The van der Waals surface area contributed by atoms with Gasteiger partial charge >= 0.3 is 156 Å². The fourth-order valence-electron chi connectivity index (χ4n) is 34.7. The van der Waals surface area contributed by atoms with E-state index < -0.39 is 13.0 Å². The first-order valence-corrected chi connectivity index (χ1v) is 26.3. The van der Waals surface area contributed by atoms with E-state index in [4.69, 9.17) is 4.74 Å². The van der Waals surface area contributed by atoms with Gasteiger partial charge in [0.2, 0.25) is 0 Å². The molecule has 30 heavy (non-hydrogen) atoms. The predicted octanol–water partition coefficient (Wildman–Crippen LogP) is 7.25. The van der Waals surface area contributed by atoms with Crippen LogP contribution in [0.5, 0.6) is 0 Å². The third-order valence-electron chi connectivity index (χ3n) is 31.1. The second-order valence-corrected chi connectivity index (χ2v) is 69.1. The molecule has 20 heterocycles. The number of carbonyl (C=O) groups excluding carboxylic acids is 1. The number of rotatable bonds is 5. The van der Waals surface area contributed by atoms with Gasteiger partial charge in [-0.15, -0.1) is 0 Å². The molecule has 0 N–H and O–H groups in total. The zero-order valence-electron chi connectivity index (χ0n) is 17.3. The van der Waals surface area contributed by atoms with Crippen LogP contribution in [0.2, 0.25) is 91.0 Å². The molecule has 2 spiro atoms. The molecule has 0 amide bonds. The van der Waals surface area contributed by atoms with Crippen LogP contribution in [0, 0.1) is 11.8 Å². The maximum atomic E-state index is 14.6. The first-order valence-electron chi connectivity index (χ1n) is 13.7. The Kier molecular flexibility index (Phi) is 0.309. The normalized spacial score (nSPS) is 135. The number of fused-ring (bicyclic) bond motifs is 20. The molecular formula is C26H28Fe2O2. The van der Waals surface area contributed by atoms with Crippen LogP contribution in [0.25, 0.3) is 0 Å². The molecule has 20 aliphatic rings. The minimum atomic E-state index is -3.30. The Hall–Kier alpha value is 0.509. The predicted molar refractivity (Wildman–Crippen MR) is 102 cm³/mol.